The molecule has 5 N–H and O–H groups in total. The van der Waals surface area contributed by atoms with E-state index in [4.69, 9.17) is 11.5 Å². The number of benzene rings is 1. The quantitative estimate of drug-likeness (QED) is 0.675. The molecule has 1 atom stereocenters. The third-order valence-electron chi connectivity index (χ3n) is 3.54. The van der Waals surface area contributed by atoms with Crippen molar-refractivity contribution in [3.8, 4) is 5.75 Å². The summed E-state index contributed by atoms with van der Waals surface area (Å²) >= 11 is 0. The lowest BCUT2D eigenvalue weighted by Gasteiger charge is -2.37. The largest absolute Gasteiger partial charge is 0.508 e. The van der Waals surface area contributed by atoms with Crippen molar-refractivity contribution >= 4 is 17.5 Å². The predicted molar refractivity (Wildman–Crippen MR) is 78.7 cm³/mol. The minimum absolute atomic E-state index is 0.128. The van der Waals surface area contributed by atoms with Crippen molar-refractivity contribution in [3.63, 3.8) is 0 Å². The Hall–Kier alpha value is -2.28. The van der Waals surface area contributed by atoms with Crippen molar-refractivity contribution in [2.45, 2.75) is 12.5 Å². The minimum Gasteiger partial charge on any atom is -0.508 e. The van der Waals surface area contributed by atoms with Gasteiger partial charge in [0, 0.05) is 31.9 Å². The van der Waals surface area contributed by atoms with Gasteiger partial charge in [-0.25, -0.2) is 0 Å². The number of hydrogen-bond acceptors (Lipinski definition) is 5. The number of amides is 2. The van der Waals surface area contributed by atoms with E-state index in [0.717, 1.165) is 5.69 Å². The molecule has 0 aliphatic carbocycles. The summed E-state index contributed by atoms with van der Waals surface area (Å²) in [5.74, 6) is -0.581. The van der Waals surface area contributed by atoms with Crippen LogP contribution in [0.1, 0.15) is 6.42 Å². The van der Waals surface area contributed by atoms with Gasteiger partial charge in [-0.1, -0.05) is 0 Å². The van der Waals surface area contributed by atoms with Crippen LogP contribution in [0.15, 0.2) is 24.3 Å². The number of primary amides is 1. The molecule has 0 radical (unpaired) electrons. The van der Waals surface area contributed by atoms with Gasteiger partial charge in [0.2, 0.25) is 11.8 Å². The van der Waals surface area contributed by atoms with Gasteiger partial charge in [0.25, 0.3) is 0 Å². The third-order valence-corrected chi connectivity index (χ3v) is 3.54. The molecule has 0 spiro atoms. The minimum atomic E-state index is -0.859. The molecular formula is C14H20N4O3. The molecule has 7 nitrogen and oxygen atoms in total. The topological polar surface area (TPSA) is 113 Å². The van der Waals surface area contributed by atoms with Gasteiger partial charge in [-0.05, 0) is 24.3 Å². The number of anilines is 1. The maximum absolute atomic E-state index is 12.1. The van der Waals surface area contributed by atoms with Crippen molar-refractivity contribution < 1.29 is 14.7 Å². The zero-order valence-corrected chi connectivity index (χ0v) is 11.7. The zero-order chi connectivity index (χ0) is 15.4. The molecule has 1 aliphatic rings. The highest BCUT2D eigenvalue weighted by Crippen LogP contribution is 2.20. The number of carbonyl (C=O) groups excluding carboxylic acids is 2. The van der Waals surface area contributed by atoms with E-state index in [1.165, 1.54) is 0 Å². The molecule has 1 aromatic carbocycles. The van der Waals surface area contributed by atoms with E-state index in [-0.39, 0.29) is 18.1 Å². The summed E-state index contributed by atoms with van der Waals surface area (Å²) in [5.41, 5.74) is 11.7. The maximum atomic E-state index is 12.1. The monoisotopic (exact) mass is 292 g/mol. The van der Waals surface area contributed by atoms with Crippen LogP contribution in [0.5, 0.6) is 5.75 Å². The van der Waals surface area contributed by atoms with E-state index in [1.807, 2.05) is 12.1 Å². The second-order valence-corrected chi connectivity index (χ2v) is 5.11. The van der Waals surface area contributed by atoms with E-state index < -0.39 is 11.9 Å². The molecule has 2 rings (SSSR count). The Kier molecular flexibility index (Phi) is 4.64. The second kappa shape index (κ2) is 6.45. The summed E-state index contributed by atoms with van der Waals surface area (Å²) in [5, 5.41) is 9.28. The van der Waals surface area contributed by atoms with Crippen LogP contribution in [0, 0.1) is 0 Å². The summed E-state index contributed by atoms with van der Waals surface area (Å²) in [7, 11) is 0. The Morgan fingerprint density at radius 3 is 2.24 bits per heavy atom. The SMILES string of the molecule is NC(=O)CC(N)C(=O)N1CCN(c2ccc(O)cc2)CC1. The van der Waals surface area contributed by atoms with Crippen LogP contribution < -0.4 is 16.4 Å². The van der Waals surface area contributed by atoms with Crippen LogP contribution >= 0.6 is 0 Å². The van der Waals surface area contributed by atoms with E-state index in [2.05, 4.69) is 4.90 Å². The van der Waals surface area contributed by atoms with Crippen molar-refractivity contribution in [2.24, 2.45) is 11.5 Å². The number of piperazine rings is 1. The molecule has 0 bridgehead atoms. The van der Waals surface area contributed by atoms with Crippen molar-refractivity contribution in [3.05, 3.63) is 24.3 Å². The maximum Gasteiger partial charge on any atom is 0.240 e. The van der Waals surface area contributed by atoms with E-state index >= 15 is 0 Å². The first-order valence-electron chi connectivity index (χ1n) is 6.84. The lowest BCUT2D eigenvalue weighted by molar-refractivity contribution is -0.134. The van der Waals surface area contributed by atoms with Gasteiger partial charge in [0.05, 0.1) is 12.5 Å². The van der Waals surface area contributed by atoms with Gasteiger partial charge < -0.3 is 26.4 Å². The zero-order valence-electron chi connectivity index (χ0n) is 11.7. The lowest BCUT2D eigenvalue weighted by atomic mass is 10.1. The Labute approximate surface area is 123 Å². The second-order valence-electron chi connectivity index (χ2n) is 5.11. The van der Waals surface area contributed by atoms with Crippen molar-refractivity contribution in [2.75, 3.05) is 31.1 Å². The molecule has 2 amide bonds. The summed E-state index contributed by atoms with van der Waals surface area (Å²) in [6.45, 7) is 2.46. The van der Waals surface area contributed by atoms with Gasteiger partial charge in [-0.15, -0.1) is 0 Å². The first-order chi connectivity index (χ1) is 9.97. The summed E-state index contributed by atoms with van der Waals surface area (Å²) in [6, 6.07) is 6.09. The molecule has 21 heavy (non-hydrogen) atoms. The molecule has 1 heterocycles. The molecule has 1 aromatic rings. The van der Waals surface area contributed by atoms with Crippen LogP contribution in [0.4, 0.5) is 5.69 Å². The Morgan fingerprint density at radius 2 is 1.71 bits per heavy atom. The number of phenols is 1. The molecule has 1 unspecified atom stereocenters. The van der Waals surface area contributed by atoms with Gasteiger partial charge in [-0.2, -0.15) is 0 Å². The van der Waals surface area contributed by atoms with Crippen LogP contribution in [0.3, 0.4) is 0 Å². The summed E-state index contributed by atoms with van der Waals surface area (Å²) in [6.07, 6.45) is -0.128. The fourth-order valence-electron chi connectivity index (χ4n) is 2.39. The molecule has 114 valence electrons. The fraction of sp³-hybridized carbons (Fsp3) is 0.429. The number of rotatable bonds is 4. The summed E-state index contributed by atoms with van der Waals surface area (Å²) in [4.78, 5) is 26.7. The third kappa shape index (κ3) is 3.85. The van der Waals surface area contributed by atoms with Gasteiger partial charge in [0.1, 0.15) is 5.75 Å². The molecule has 7 heteroatoms. The predicted octanol–water partition coefficient (Wildman–Crippen LogP) is -0.757. The highest BCUT2D eigenvalue weighted by Gasteiger charge is 2.26. The fourth-order valence-corrected chi connectivity index (χ4v) is 2.39. The standard InChI is InChI=1S/C14H20N4O3/c15-12(9-13(16)20)14(21)18-7-5-17(6-8-18)10-1-3-11(19)4-2-10/h1-4,12,19H,5-9,15H2,(H2,16,20). The summed E-state index contributed by atoms with van der Waals surface area (Å²) < 4.78 is 0. The Morgan fingerprint density at radius 1 is 1.14 bits per heavy atom. The number of nitrogens with two attached hydrogens (primary N) is 2. The normalized spacial score (nSPS) is 16.6. The van der Waals surface area contributed by atoms with Crippen LogP contribution in [0.25, 0.3) is 0 Å². The highest BCUT2D eigenvalue weighted by molar-refractivity contribution is 5.87. The van der Waals surface area contributed by atoms with Crippen LogP contribution in [-0.2, 0) is 9.59 Å². The molecular weight excluding hydrogens is 272 g/mol. The average molecular weight is 292 g/mol. The number of nitrogens with zero attached hydrogens (tertiary/aromatic N) is 2. The first kappa shape index (κ1) is 15.1. The Bertz CT molecular complexity index is 509. The Balaban J connectivity index is 1.89. The van der Waals surface area contributed by atoms with Crippen LogP contribution in [0.2, 0.25) is 0 Å². The molecule has 1 saturated heterocycles. The highest BCUT2D eigenvalue weighted by atomic mass is 16.3. The van der Waals surface area contributed by atoms with Crippen molar-refractivity contribution in [1.82, 2.24) is 4.90 Å². The number of phenolic OH excluding ortho intramolecular Hbond substituents is 1. The molecule has 1 aliphatic heterocycles. The first-order valence-corrected chi connectivity index (χ1v) is 6.84. The van der Waals surface area contributed by atoms with E-state index in [1.54, 1.807) is 17.0 Å². The van der Waals surface area contributed by atoms with Crippen molar-refractivity contribution in [1.29, 1.82) is 0 Å². The number of hydrogen-bond donors (Lipinski definition) is 3. The van der Waals surface area contributed by atoms with Gasteiger partial charge >= 0.3 is 0 Å². The van der Waals surface area contributed by atoms with E-state index in [9.17, 15) is 14.7 Å². The molecule has 0 saturated carbocycles. The van der Waals surface area contributed by atoms with E-state index in [0.29, 0.717) is 26.2 Å². The molecule has 1 fully saturated rings. The lowest BCUT2D eigenvalue weighted by Crippen LogP contribution is -2.53. The molecule has 0 aromatic heterocycles. The smallest absolute Gasteiger partial charge is 0.240 e. The average Bonchev–Trinajstić information content (AvgIpc) is 2.47. The number of carbonyl (C=O) groups is 2. The number of aromatic hydroxyl groups is 1. The van der Waals surface area contributed by atoms with Gasteiger partial charge in [0.15, 0.2) is 0 Å². The van der Waals surface area contributed by atoms with Gasteiger partial charge in [-0.3, -0.25) is 9.59 Å². The van der Waals surface area contributed by atoms with Crippen LogP contribution in [-0.4, -0.2) is 54.0 Å².